The van der Waals surface area contributed by atoms with Crippen LogP contribution in [0, 0.1) is 12.8 Å². The third kappa shape index (κ3) is 5.96. The largest absolute Gasteiger partial charge is 0.317 e. The van der Waals surface area contributed by atoms with E-state index in [4.69, 9.17) is 0 Å². The highest BCUT2D eigenvalue weighted by atomic mass is 14.8. The second kappa shape index (κ2) is 5.10. The Morgan fingerprint density at radius 1 is 1.50 bits per heavy atom. The van der Waals surface area contributed by atoms with E-state index >= 15 is 0 Å². The Bertz CT molecular complexity index is 41.7. The molecule has 0 aromatic rings. The van der Waals surface area contributed by atoms with Crippen molar-refractivity contribution in [3.63, 3.8) is 0 Å². The van der Waals surface area contributed by atoms with E-state index in [2.05, 4.69) is 26.1 Å². The summed E-state index contributed by atoms with van der Waals surface area (Å²) in [6.07, 6.45) is 1.26. The maximum absolute atomic E-state index is 3.67. The Labute approximate surface area is 52.5 Å². The molecule has 49 valence electrons. The maximum atomic E-state index is 3.67. The first-order valence-electron chi connectivity index (χ1n) is 3.27. The molecule has 0 fully saturated rings. The zero-order chi connectivity index (χ0) is 6.41. The van der Waals surface area contributed by atoms with Crippen molar-refractivity contribution in [3.05, 3.63) is 6.92 Å². The van der Waals surface area contributed by atoms with Crippen LogP contribution >= 0.6 is 0 Å². The summed E-state index contributed by atoms with van der Waals surface area (Å²) < 4.78 is 0. The minimum absolute atomic E-state index is 0.814. The van der Waals surface area contributed by atoms with E-state index in [0.29, 0.717) is 0 Å². The van der Waals surface area contributed by atoms with Gasteiger partial charge in [0.1, 0.15) is 0 Å². The molecule has 0 atom stereocenters. The molecule has 0 aromatic carbocycles. The third-order valence-corrected chi connectivity index (χ3v) is 1.08. The second-order valence-corrected chi connectivity index (χ2v) is 2.43. The smallest absolute Gasteiger partial charge is 0.00465 e. The molecule has 8 heavy (non-hydrogen) atoms. The van der Waals surface area contributed by atoms with Crippen molar-refractivity contribution in [1.82, 2.24) is 5.32 Å². The molecule has 0 heterocycles. The molecular formula is C7H16N. The fourth-order valence-corrected chi connectivity index (χ4v) is 0.516. The molecule has 0 saturated heterocycles. The summed E-state index contributed by atoms with van der Waals surface area (Å²) in [6, 6.07) is 0. The maximum Gasteiger partial charge on any atom is -0.00465 e. The SMILES string of the molecule is [CH2]CNCCC(C)C. The molecule has 0 bridgehead atoms. The van der Waals surface area contributed by atoms with Crippen LogP contribution in [0.5, 0.6) is 0 Å². The predicted octanol–water partition coefficient (Wildman–Crippen LogP) is 1.46. The average molecular weight is 114 g/mol. The van der Waals surface area contributed by atoms with Crippen LogP contribution in [-0.2, 0) is 0 Å². The predicted molar refractivity (Wildman–Crippen MR) is 37.7 cm³/mol. The standard InChI is InChI=1S/C7H16N/c1-4-8-6-5-7(2)3/h7-8H,1,4-6H2,2-3H3. The van der Waals surface area contributed by atoms with Gasteiger partial charge in [-0.3, -0.25) is 0 Å². The van der Waals surface area contributed by atoms with E-state index in [0.717, 1.165) is 19.0 Å². The Hall–Kier alpha value is -0.0400. The minimum atomic E-state index is 0.814. The van der Waals surface area contributed by atoms with E-state index in [1.165, 1.54) is 6.42 Å². The molecule has 1 nitrogen and oxygen atoms in total. The van der Waals surface area contributed by atoms with Crippen LogP contribution in [0.15, 0.2) is 0 Å². The highest BCUT2D eigenvalue weighted by Gasteiger charge is 1.89. The summed E-state index contributed by atoms with van der Waals surface area (Å²) in [6.45, 7) is 10.1. The lowest BCUT2D eigenvalue weighted by molar-refractivity contribution is 0.552. The van der Waals surface area contributed by atoms with E-state index in [-0.39, 0.29) is 0 Å². The molecule has 0 amide bonds. The van der Waals surface area contributed by atoms with Gasteiger partial charge in [-0.1, -0.05) is 13.8 Å². The minimum Gasteiger partial charge on any atom is -0.317 e. The molecule has 0 rings (SSSR count). The van der Waals surface area contributed by atoms with Gasteiger partial charge in [-0.15, -0.1) is 0 Å². The van der Waals surface area contributed by atoms with Crippen molar-refractivity contribution >= 4 is 0 Å². The van der Waals surface area contributed by atoms with Crippen LogP contribution in [0.2, 0.25) is 0 Å². The lowest BCUT2D eigenvalue weighted by Gasteiger charge is -2.02. The van der Waals surface area contributed by atoms with E-state index in [9.17, 15) is 0 Å². The lowest BCUT2D eigenvalue weighted by Crippen LogP contribution is -2.15. The van der Waals surface area contributed by atoms with Crippen LogP contribution in [0.4, 0.5) is 0 Å². The first-order valence-corrected chi connectivity index (χ1v) is 3.27. The zero-order valence-corrected chi connectivity index (χ0v) is 5.91. The molecule has 1 heteroatoms. The summed E-state index contributed by atoms with van der Waals surface area (Å²) in [5, 5.41) is 3.17. The molecule has 1 radical (unpaired) electrons. The monoisotopic (exact) mass is 114 g/mol. The van der Waals surface area contributed by atoms with Crippen molar-refractivity contribution < 1.29 is 0 Å². The molecule has 0 aliphatic rings. The first kappa shape index (κ1) is 7.96. The molecule has 0 unspecified atom stereocenters. The molecule has 0 spiro atoms. The Morgan fingerprint density at radius 2 is 2.12 bits per heavy atom. The Balaban J connectivity index is 2.72. The van der Waals surface area contributed by atoms with Gasteiger partial charge in [0.15, 0.2) is 0 Å². The van der Waals surface area contributed by atoms with E-state index in [1.807, 2.05) is 0 Å². The average Bonchev–Trinajstić information content (AvgIpc) is 1.66. The zero-order valence-electron chi connectivity index (χ0n) is 5.91. The van der Waals surface area contributed by atoms with Gasteiger partial charge < -0.3 is 5.32 Å². The van der Waals surface area contributed by atoms with Crippen molar-refractivity contribution in [1.29, 1.82) is 0 Å². The third-order valence-electron chi connectivity index (χ3n) is 1.08. The van der Waals surface area contributed by atoms with Gasteiger partial charge >= 0.3 is 0 Å². The van der Waals surface area contributed by atoms with Crippen LogP contribution in [0.3, 0.4) is 0 Å². The normalized spacial score (nSPS) is 10.5. The summed E-state index contributed by atoms with van der Waals surface area (Å²) in [7, 11) is 0. The molecule has 0 aliphatic carbocycles. The van der Waals surface area contributed by atoms with Gasteiger partial charge in [0, 0.05) is 0 Å². The summed E-state index contributed by atoms with van der Waals surface area (Å²) in [5.41, 5.74) is 0. The molecule has 0 aromatic heterocycles. The highest BCUT2D eigenvalue weighted by Crippen LogP contribution is 1.95. The number of hydrogen-bond donors (Lipinski definition) is 1. The lowest BCUT2D eigenvalue weighted by atomic mass is 10.1. The van der Waals surface area contributed by atoms with E-state index < -0.39 is 0 Å². The molecular weight excluding hydrogens is 98.1 g/mol. The van der Waals surface area contributed by atoms with E-state index in [1.54, 1.807) is 0 Å². The van der Waals surface area contributed by atoms with Gasteiger partial charge in [0.05, 0.1) is 0 Å². The van der Waals surface area contributed by atoms with Gasteiger partial charge in [0.2, 0.25) is 0 Å². The first-order chi connectivity index (χ1) is 3.77. The van der Waals surface area contributed by atoms with Gasteiger partial charge in [0.25, 0.3) is 0 Å². The summed E-state index contributed by atoms with van der Waals surface area (Å²) >= 11 is 0. The van der Waals surface area contributed by atoms with Crippen LogP contribution in [0.25, 0.3) is 0 Å². The fraction of sp³-hybridized carbons (Fsp3) is 0.857. The van der Waals surface area contributed by atoms with Crippen LogP contribution in [-0.4, -0.2) is 13.1 Å². The Kier molecular flexibility index (Phi) is 5.08. The van der Waals surface area contributed by atoms with Crippen molar-refractivity contribution in [2.75, 3.05) is 13.1 Å². The topological polar surface area (TPSA) is 12.0 Å². The molecule has 0 saturated carbocycles. The number of nitrogens with one attached hydrogen (secondary N) is 1. The van der Waals surface area contributed by atoms with Gasteiger partial charge in [-0.2, -0.15) is 0 Å². The van der Waals surface area contributed by atoms with Crippen molar-refractivity contribution in [2.45, 2.75) is 20.3 Å². The number of rotatable bonds is 4. The van der Waals surface area contributed by atoms with Crippen molar-refractivity contribution in [3.8, 4) is 0 Å². The van der Waals surface area contributed by atoms with Crippen LogP contribution in [0.1, 0.15) is 20.3 Å². The summed E-state index contributed by atoms with van der Waals surface area (Å²) in [4.78, 5) is 0. The molecule has 0 aliphatic heterocycles. The van der Waals surface area contributed by atoms with Gasteiger partial charge in [-0.05, 0) is 32.4 Å². The molecule has 1 N–H and O–H groups in total. The van der Waals surface area contributed by atoms with Crippen LogP contribution < -0.4 is 5.32 Å². The van der Waals surface area contributed by atoms with Crippen molar-refractivity contribution in [2.24, 2.45) is 5.92 Å². The Morgan fingerprint density at radius 3 is 2.50 bits per heavy atom. The quantitative estimate of drug-likeness (QED) is 0.545. The summed E-state index contributed by atoms with van der Waals surface area (Å²) in [5.74, 6) is 0.814. The highest BCUT2D eigenvalue weighted by molar-refractivity contribution is 4.50. The number of hydrogen-bond acceptors (Lipinski definition) is 1. The van der Waals surface area contributed by atoms with Gasteiger partial charge in [-0.25, -0.2) is 0 Å². The fourth-order valence-electron chi connectivity index (χ4n) is 0.516. The second-order valence-electron chi connectivity index (χ2n) is 2.43.